The van der Waals surface area contributed by atoms with Crippen LogP contribution in [0.4, 0.5) is 11.5 Å². The molecule has 3 rings (SSSR count). The molecule has 0 saturated heterocycles. The van der Waals surface area contributed by atoms with Gasteiger partial charge in [-0.1, -0.05) is 5.16 Å². The second-order valence-corrected chi connectivity index (χ2v) is 6.05. The predicted molar refractivity (Wildman–Crippen MR) is 101 cm³/mol. The Bertz CT molecular complexity index is 967. The Morgan fingerprint density at radius 1 is 1.22 bits per heavy atom. The van der Waals surface area contributed by atoms with E-state index >= 15 is 0 Å². The van der Waals surface area contributed by atoms with E-state index in [1.165, 1.54) is 18.5 Å². The van der Waals surface area contributed by atoms with Crippen LogP contribution in [-0.4, -0.2) is 27.9 Å². The molecule has 0 fully saturated rings. The van der Waals surface area contributed by atoms with Gasteiger partial charge in [-0.05, 0) is 44.2 Å². The van der Waals surface area contributed by atoms with Crippen molar-refractivity contribution in [1.29, 1.82) is 5.41 Å². The molecule has 4 N–H and O–H groups in total. The molecule has 0 radical (unpaired) electrons. The standard InChI is InChI=1S/C19H19N5O3/c1-11(2)26-13-3-4-15(20)14(10-13)18(21)12-5-7-22-17(9-12)24-19(25)16-6-8-23-27-16/h3-11,21H,20H2,1-2H3,(H,22,24,25). The summed E-state index contributed by atoms with van der Waals surface area (Å²) in [7, 11) is 0. The summed E-state index contributed by atoms with van der Waals surface area (Å²) in [5, 5.41) is 14.6. The minimum absolute atomic E-state index is 0.00879. The number of carbonyl (C=O) groups excluding carboxylic acids is 1. The van der Waals surface area contributed by atoms with Crippen molar-refractivity contribution in [2.45, 2.75) is 20.0 Å². The number of ether oxygens (including phenoxy) is 1. The van der Waals surface area contributed by atoms with Crippen LogP contribution in [0.3, 0.4) is 0 Å². The molecule has 0 aliphatic heterocycles. The molecule has 0 bridgehead atoms. The summed E-state index contributed by atoms with van der Waals surface area (Å²) in [6.45, 7) is 3.85. The van der Waals surface area contributed by atoms with Gasteiger partial charge in [-0.2, -0.15) is 0 Å². The van der Waals surface area contributed by atoms with Gasteiger partial charge in [-0.15, -0.1) is 0 Å². The number of nitrogens with two attached hydrogens (primary N) is 1. The first kappa shape index (κ1) is 18.1. The number of anilines is 2. The first-order valence-electron chi connectivity index (χ1n) is 8.27. The molecule has 0 spiro atoms. The van der Waals surface area contributed by atoms with Crippen LogP contribution in [-0.2, 0) is 0 Å². The second-order valence-electron chi connectivity index (χ2n) is 6.05. The summed E-state index contributed by atoms with van der Waals surface area (Å²) in [5.74, 6) is 0.509. The summed E-state index contributed by atoms with van der Waals surface area (Å²) < 4.78 is 10.5. The van der Waals surface area contributed by atoms with Gasteiger partial charge in [0, 0.05) is 29.1 Å². The highest BCUT2D eigenvalue weighted by atomic mass is 16.5. The number of nitrogens with one attached hydrogen (secondary N) is 2. The van der Waals surface area contributed by atoms with E-state index in [4.69, 9.17) is 20.4 Å². The molecule has 2 heterocycles. The van der Waals surface area contributed by atoms with Crippen LogP contribution in [0.5, 0.6) is 5.75 Å². The lowest BCUT2D eigenvalue weighted by Crippen LogP contribution is -2.13. The van der Waals surface area contributed by atoms with Crippen LogP contribution in [0.25, 0.3) is 0 Å². The number of hydrogen-bond acceptors (Lipinski definition) is 7. The molecule has 8 heteroatoms. The molecule has 138 valence electrons. The molecule has 0 aliphatic rings. The molecule has 8 nitrogen and oxygen atoms in total. The lowest BCUT2D eigenvalue weighted by atomic mass is 10.0. The number of hydrogen-bond donors (Lipinski definition) is 3. The van der Waals surface area contributed by atoms with Gasteiger partial charge in [0.15, 0.2) is 0 Å². The highest BCUT2D eigenvalue weighted by Crippen LogP contribution is 2.24. The number of nitrogens with zero attached hydrogens (tertiary/aromatic N) is 2. The van der Waals surface area contributed by atoms with Crippen LogP contribution in [0, 0.1) is 5.41 Å². The fourth-order valence-corrected chi connectivity index (χ4v) is 2.42. The molecule has 1 amide bonds. The molecular weight excluding hydrogens is 346 g/mol. The normalized spacial score (nSPS) is 10.6. The zero-order chi connectivity index (χ0) is 19.4. The highest BCUT2D eigenvalue weighted by Gasteiger charge is 2.14. The smallest absolute Gasteiger partial charge is 0.295 e. The monoisotopic (exact) mass is 365 g/mol. The van der Waals surface area contributed by atoms with Crippen LogP contribution >= 0.6 is 0 Å². The second kappa shape index (κ2) is 7.69. The Morgan fingerprint density at radius 2 is 2.04 bits per heavy atom. The SMILES string of the molecule is CC(C)Oc1ccc(N)c(C(=N)c2ccnc(NC(=O)c3ccno3)c2)c1. The lowest BCUT2D eigenvalue weighted by molar-refractivity contribution is 0.0987. The third-order valence-electron chi connectivity index (χ3n) is 3.62. The fraction of sp³-hybridized carbons (Fsp3) is 0.158. The number of carbonyl (C=O) groups is 1. The quantitative estimate of drug-likeness (QED) is 0.455. The number of nitrogen functional groups attached to an aromatic ring is 1. The van der Waals surface area contributed by atoms with Gasteiger partial charge < -0.3 is 20.3 Å². The zero-order valence-corrected chi connectivity index (χ0v) is 14.9. The number of benzene rings is 1. The van der Waals surface area contributed by atoms with Crippen LogP contribution < -0.4 is 15.8 Å². The van der Waals surface area contributed by atoms with Crippen molar-refractivity contribution in [3.05, 3.63) is 65.7 Å². The largest absolute Gasteiger partial charge is 0.491 e. The van der Waals surface area contributed by atoms with E-state index in [0.29, 0.717) is 22.6 Å². The molecule has 3 aromatic rings. The maximum atomic E-state index is 12.1. The Labute approximate surface area is 155 Å². The van der Waals surface area contributed by atoms with Gasteiger partial charge >= 0.3 is 0 Å². The van der Waals surface area contributed by atoms with Crippen LogP contribution in [0.1, 0.15) is 35.5 Å². The van der Waals surface area contributed by atoms with E-state index in [1.54, 1.807) is 30.3 Å². The molecule has 0 aliphatic carbocycles. The first-order chi connectivity index (χ1) is 12.9. The zero-order valence-electron chi connectivity index (χ0n) is 14.9. The average molecular weight is 365 g/mol. The highest BCUT2D eigenvalue weighted by molar-refractivity contribution is 6.14. The van der Waals surface area contributed by atoms with Crippen LogP contribution in [0.2, 0.25) is 0 Å². The van der Waals surface area contributed by atoms with Crippen molar-refractivity contribution < 1.29 is 14.1 Å². The lowest BCUT2D eigenvalue weighted by Gasteiger charge is -2.14. The van der Waals surface area contributed by atoms with Crippen molar-refractivity contribution in [2.75, 3.05) is 11.1 Å². The number of rotatable bonds is 6. The third kappa shape index (κ3) is 4.30. The van der Waals surface area contributed by atoms with Gasteiger partial charge in [0.25, 0.3) is 5.91 Å². The van der Waals surface area contributed by atoms with Crippen LogP contribution in [0.15, 0.2) is 53.3 Å². The summed E-state index contributed by atoms with van der Waals surface area (Å²) >= 11 is 0. The van der Waals surface area contributed by atoms with E-state index in [2.05, 4.69) is 15.5 Å². The Hall–Kier alpha value is -3.68. The third-order valence-corrected chi connectivity index (χ3v) is 3.62. The van der Waals surface area contributed by atoms with Gasteiger partial charge in [0.05, 0.1) is 18.0 Å². The van der Waals surface area contributed by atoms with E-state index in [9.17, 15) is 4.79 Å². The minimum atomic E-state index is -0.476. The van der Waals surface area contributed by atoms with Gasteiger partial charge in [-0.3, -0.25) is 10.2 Å². The molecule has 27 heavy (non-hydrogen) atoms. The summed E-state index contributed by atoms with van der Waals surface area (Å²) in [6.07, 6.45) is 2.89. The van der Waals surface area contributed by atoms with Crippen molar-refractivity contribution in [1.82, 2.24) is 10.1 Å². The van der Waals surface area contributed by atoms with Crippen molar-refractivity contribution >= 4 is 23.1 Å². The van der Waals surface area contributed by atoms with Gasteiger partial charge in [-0.25, -0.2) is 4.98 Å². The molecule has 2 aromatic heterocycles. The van der Waals surface area contributed by atoms with E-state index < -0.39 is 5.91 Å². The summed E-state index contributed by atoms with van der Waals surface area (Å²) in [6, 6.07) is 9.90. The topological polar surface area (TPSA) is 127 Å². The van der Waals surface area contributed by atoms with E-state index in [0.717, 1.165) is 0 Å². The van der Waals surface area contributed by atoms with Gasteiger partial charge in [0.1, 0.15) is 11.6 Å². The maximum absolute atomic E-state index is 12.1. The van der Waals surface area contributed by atoms with Crippen molar-refractivity contribution in [2.24, 2.45) is 0 Å². The number of amides is 1. The summed E-state index contributed by atoms with van der Waals surface area (Å²) in [5.41, 5.74) is 7.77. The predicted octanol–water partition coefficient (Wildman–Crippen LogP) is 3.11. The molecule has 0 atom stereocenters. The molecular formula is C19H19N5O3. The Balaban J connectivity index is 1.84. The van der Waals surface area contributed by atoms with E-state index in [-0.39, 0.29) is 23.4 Å². The number of pyridine rings is 1. The fourth-order valence-electron chi connectivity index (χ4n) is 2.42. The van der Waals surface area contributed by atoms with E-state index in [1.807, 2.05) is 13.8 Å². The van der Waals surface area contributed by atoms with Crippen molar-refractivity contribution in [3.63, 3.8) is 0 Å². The summed E-state index contributed by atoms with van der Waals surface area (Å²) in [4.78, 5) is 16.2. The van der Waals surface area contributed by atoms with Crippen molar-refractivity contribution in [3.8, 4) is 5.75 Å². The first-order valence-corrected chi connectivity index (χ1v) is 8.27. The van der Waals surface area contributed by atoms with Gasteiger partial charge in [0.2, 0.25) is 5.76 Å². The number of aromatic nitrogens is 2. The maximum Gasteiger partial charge on any atom is 0.295 e. The Morgan fingerprint density at radius 3 is 2.74 bits per heavy atom. The molecule has 0 unspecified atom stereocenters. The minimum Gasteiger partial charge on any atom is -0.491 e. The molecule has 1 aromatic carbocycles. The molecule has 0 saturated carbocycles. The average Bonchev–Trinajstić information content (AvgIpc) is 3.17. The Kier molecular flexibility index (Phi) is 5.16.